The molecule has 0 bridgehead atoms. The van der Waals surface area contributed by atoms with Gasteiger partial charge in [0.1, 0.15) is 0 Å². The lowest BCUT2D eigenvalue weighted by Crippen LogP contribution is -1.85. The minimum Gasteiger partial charge on any atom is -0.0587 e. The first-order valence-electron chi connectivity index (χ1n) is 5.65. The van der Waals surface area contributed by atoms with Gasteiger partial charge in [-0.05, 0) is 40.7 Å². The van der Waals surface area contributed by atoms with Crippen molar-refractivity contribution in [2.45, 2.75) is 13.8 Å². The first kappa shape index (κ1) is 12.4. The summed E-state index contributed by atoms with van der Waals surface area (Å²) < 4.78 is 2.06. The Morgan fingerprint density at radius 3 is 2.18 bits per heavy atom. The Kier molecular flexibility index (Phi) is 4.00. The van der Waals surface area contributed by atoms with E-state index in [2.05, 4.69) is 89.1 Å². The van der Waals surface area contributed by atoms with Gasteiger partial charge in [-0.15, -0.1) is 0 Å². The van der Waals surface area contributed by atoms with E-state index in [1.54, 1.807) is 0 Å². The summed E-state index contributed by atoms with van der Waals surface area (Å²) in [6, 6.07) is 15.3. The summed E-state index contributed by atoms with van der Waals surface area (Å²) >= 11 is 2.26. The van der Waals surface area contributed by atoms with Crippen molar-refractivity contribution in [3.63, 3.8) is 0 Å². The molecule has 0 atom stereocenters. The third-order valence-corrected chi connectivity index (χ3v) is 3.17. The molecule has 0 radical (unpaired) electrons. The molecular weight excluding hydrogens is 319 g/mol. The van der Waals surface area contributed by atoms with Crippen molar-refractivity contribution in [3.05, 3.63) is 63.2 Å². The van der Waals surface area contributed by atoms with Gasteiger partial charge in [0.25, 0.3) is 0 Å². The Morgan fingerprint density at radius 1 is 0.882 bits per heavy atom. The van der Waals surface area contributed by atoms with Crippen LogP contribution in [-0.4, -0.2) is 0 Å². The SMILES string of the molecule is Cc1ccc(-c2ccc(C)cc2/C=C/I)cc1. The third-order valence-electron chi connectivity index (χ3n) is 2.81. The second kappa shape index (κ2) is 5.50. The number of hydrogen-bond donors (Lipinski definition) is 0. The molecular formula is C16H15I. The number of rotatable bonds is 2. The molecule has 0 aliphatic heterocycles. The molecule has 2 aromatic carbocycles. The first-order chi connectivity index (χ1) is 8.20. The first-order valence-corrected chi connectivity index (χ1v) is 6.90. The molecule has 0 saturated heterocycles. The molecule has 0 aliphatic carbocycles. The molecule has 2 aromatic rings. The van der Waals surface area contributed by atoms with E-state index in [1.807, 2.05) is 0 Å². The van der Waals surface area contributed by atoms with Crippen molar-refractivity contribution in [1.82, 2.24) is 0 Å². The standard InChI is InChI=1S/C16H15I/c1-12-3-6-14(7-4-12)16-8-5-13(2)11-15(16)9-10-17/h3-11H,1-2H3/b10-9+. The molecule has 2 rings (SSSR count). The minimum absolute atomic E-state index is 1.28. The van der Waals surface area contributed by atoms with Gasteiger partial charge in [-0.2, -0.15) is 0 Å². The molecule has 17 heavy (non-hydrogen) atoms. The Bertz CT molecular complexity index is 536. The van der Waals surface area contributed by atoms with E-state index >= 15 is 0 Å². The molecule has 0 N–H and O–H groups in total. The third kappa shape index (κ3) is 2.97. The maximum absolute atomic E-state index is 2.26. The van der Waals surface area contributed by atoms with Gasteiger partial charge < -0.3 is 0 Å². The molecule has 0 heterocycles. The number of aryl methyl sites for hydroxylation is 2. The quantitative estimate of drug-likeness (QED) is 0.647. The molecule has 0 aromatic heterocycles. The Hall–Kier alpha value is -1.09. The van der Waals surface area contributed by atoms with E-state index in [0.717, 1.165) is 0 Å². The highest BCUT2D eigenvalue weighted by Gasteiger charge is 2.02. The molecule has 1 heteroatoms. The summed E-state index contributed by atoms with van der Waals surface area (Å²) in [5.74, 6) is 0. The van der Waals surface area contributed by atoms with E-state index < -0.39 is 0 Å². The molecule has 0 amide bonds. The number of halogens is 1. The Balaban J connectivity index is 2.54. The topological polar surface area (TPSA) is 0 Å². The highest BCUT2D eigenvalue weighted by molar-refractivity contribution is 14.1. The van der Waals surface area contributed by atoms with Crippen LogP contribution in [0.3, 0.4) is 0 Å². The second-order valence-electron chi connectivity index (χ2n) is 4.25. The molecule has 0 spiro atoms. The van der Waals surface area contributed by atoms with Gasteiger partial charge in [-0.1, -0.05) is 76.2 Å². The zero-order chi connectivity index (χ0) is 12.3. The van der Waals surface area contributed by atoms with Crippen LogP contribution in [0.2, 0.25) is 0 Å². The molecule has 0 fully saturated rings. The Labute approximate surface area is 117 Å². The average molecular weight is 334 g/mol. The van der Waals surface area contributed by atoms with Gasteiger partial charge in [-0.3, -0.25) is 0 Å². The van der Waals surface area contributed by atoms with Crippen LogP contribution in [0.1, 0.15) is 16.7 Å². The Morgan fingerprint density at radius 2 is 1.53 bits per heavy atom. The van der Waals surface area contributed by atoms with Crippen molar-refractivity contribution in [1.29, 1.82) is 0 Å². The average Bonchev–Trinajstić information content (AvgIpc) is 2.31. The summed E-state index contributed by atoms with van der Waals surface area (Å²) in [6.45, 7) is 4.24. The summed E-state index contributed by atoms with van der Waals surface area (Å²) in [5.41, 5.74) is 6.45. The van der Waals surface area contributed by atoms with Crippen LogP contribution < -0.4 is 0 Å². The van der Waals surface area contributed by atoms with Crippen LogP contribution in [0.4, 0.5) is 0 Å². The van der Waals surface area contributed by atoms with Crippen molar-refractivity contribution >= 4 is 28.7 Å². The van der Waals surface area contributed by atoms with Crippen molar-refractivity contribution in [2.75, 3.05) is 0 Å². The van der Waals surface area contributed by atoms with Crippen LogP contribution in [0, 0.1) is 13.8 Å². The lowest BCUT2D eigenvalue weighted by molar-refractivity contribution is 1.44. The predicted molar refractivity (Wildman–Crippen MR) is 84.4 cm³/mol. The van der Waals surface area contributed by atoms with E-state index in [0.29, 0.717) is 0 Å². The van der Waals surface area contributed by atoms with Gasteiger partial charge in [0.2, 0.25) is 0 Å². The molecule has 0 nitrogen and oxygen atoms in total. The molecule has 86 valence electrons. The monoisotopic (exact) mass is 334 g/mol. The highest BCUT2D eigenvalue weighted by atomic mass is 127. The van der Waals surface area contributed by atoms with Crippen LogP contribution >= 0.6 is 22.6 Å². The predicted octanol–water partition coefficient (Wildman–Crippen LogP) is 5.38. The lowest BCUT2D eigenvalue weighted by atomic mass is 9.97. The van der Waals surface area contributed by atoms with Crippen LogP contribution in [0.25, 0.3) is 17.2 Å². The smallest absolute Gasteiger partial charge is 0.0111 e. The largest absolute Gasteiger partial charge is 0.0587 e. The maximum atomic E-state index is 2.26. The van der Waals surface area contributed by atoms with E-state index in [9.17, 15) is 0 Å². The van der Waals surface area contributed by atoms with Crippen molar-refractivity contribution in [2.24, 2.45) is 0 Å². The van der Waals surface area contributed by atoms with Crippen molar-refractivity contribution < 1.29 is 0 Å². The molecule has 0 unspecified atom stereocenters. The van der Waals surface area contributed by atoms with Gasteiger partial charge in [0.05, 0.1) is 0 Å². The van der Waals surface area contributed by atoms with Crippen LogP contribution in [0.5, 0.6) is 0 Å². The van der Waals surface area contributed by atoms with E-state index in [-0.39, 0.29) is 0 Å². The minimum atomic E-state index is 1.28. The maximum Gasteiger partial charge on any atom is -0.0111 e. The van der Waals surface area contributed by atoms with Crippen molar-refractivity contribution in [3.8, 4) is 11.1 Å². The summed E-state index contributed by atoms with van der Waals surface area (Å²) in [6.07, 6.45) is 2.16. The fraction of sp³-hybridized carbons (Fsp3) is 0.125. The lowest BCUT2D eigenvalue weighted by Gasteiger charge is -2.08. The zero-order valence-corrected chi connectivity index (χ0v) is 12.2. The second-order valence-corrected chi connectivity index (χ2v) is 4.97. The van der Waals surface area contributed by atoms with E-state index in [4.69, 9.17) is 0 Å². The number of hydrogen-bond acceptors (Lipinski definition) is 0. The molecule has 0 saturated carbocycles. The zero-order valence-electron chi connectivity index (χ0n) is 10.1. The summed E-state index contributed by atoms with van der Waals surface area (Å²) in [4.78, 5) is 0. The fourth-order valence-electron chi connectivity index (χ4n) is 1.88. The van der Waals surface area contributed by atoms with Gasteiger partial charge in [0.15, 0.2) is 0 Å². The summed E-state index contributed by atoms with van der Waals surface area (Å²) in [7, 11) is 0. The normalized spacial score (nSPS) is 11.0. The van der Waals surface area contributed by atoms with Gasteiger partial charge in [-0.25, -0.2) is 0 Å². The number of benzene rings is 2. The van der Waals surface area contributed by atoms with Gasteiger partial charge in [0, 0.05) is 0 Å². The van der Waals surface area contributed by atoms with Crippen LogP contribution in [-0.2, 0) is 0 Å². The fourth-order valence-corrected chi connectivity index (χ4v) is 2.27. The van der Waals surface area contributed by atoms with Crippen LogP contribution in [0.15, 0.2) is 46.5 Å². The van der Waals surface area contributed by atoms with Gasteiger partial charge >= 0.3 is 0 Å². The molecule has 0 aliphatic rings. The highest BCUT2D eigenvalue weighted by Crippen LogP contribution is 2.26. The van der Waals surface area contributed by atoms with E-state index in [1.165, 1.54) is 27.8 Å². The summed E-state index contributed by atoms with van der Waals surface area (Å²) in [5, 5.41) is 0.